The van der Waals surface area contributed by atoms with Gasteiger partial charge in [-0.3, -0.25) is 4.79 Å². The number of furan rings is 1. The molecule has 1 amide bonds. The molecule has 102 valence electrons. The average molecular weight is 270 g/mol. The fourth-order valence-electron chi connectivity index (χ4n) is 1.79. The first-order valence-corrected chi connectivity index (χ1v) is 6.22. The molecule has 0 spiro atoms. The molecule has 0 atom stereocenters. The summed E-state index contributed by atoms with van der Waals surface area (Å²) in [7, 11) is 0. The van der Waals surface area contributed by atoms with Crippen molar-refractivity contribution >= 4 is 11.6 Å². The highest BCUT2D eigenvalue weighted by Gasteiger charge is 2.13. The summed E-state index contributed by atoms with van der Waals surface area (Å²) in [6, 6.07) is 10.4. The van der Waals surface area contributed by atoms with Gasteiger partial charge >= 0.3 is 0 Å². The van der Waals surface area contributed by atoms with E-state index in [-0.39, 0.29) is 12.5 Å². The maximum Gasteiger partial charge on any atom is 0.259 e. The number of benzene rings is 1. The topological polar surface area (TPSA) is 75.3 Å². The number of hydrogen-bond acceptors (Lipinski definition) is 4. The number of nitriles is 1. The number of aryl methyl sites for hydroxylation is 1. The van der Waals surface area contributed by atoms with Gasteiger partial charge in [0, 0.05) is 18.2 Å². The average Bonchev–Trinajstić information content (AvgIpc) is 2.94. The first-order chi connectivity index (χ1) is 9.74. The van der Waals surface area contributed by atoms with Gasteiger partial charge in [0.1, 0.15) is 17.6 Å². The molecular weight excluding hydrogens is 256 g/mol. The maximum absolute atomic E-state index is 12.1. The summed E-state index contributed by atoms with van der Waals surface area (Å²) in [5, 5.41) is 11.2. The van der Waals surface area contributed by atoms with Crippen LogP contribution in [0.4, 0.5) is 5.69 Å². The van der Waals surface area contributed by atoms with Gasteiger partial charge in [0.2, 0.25) is 0 Å². The molecule has 0 saturated heterocycles. The first-order valence-electron chi connectivity index (χ1n) is 6.22. The van der Waals surface area contributed by atoms with Crippen molar-refractivity contribution in [2.75, 3.05) is 11.9 Å². The molecule has 0 saturated carbocycles. The molecule has 0 fully saturated rings. The van der Waals surface area contributed by atoms with E-state index in [1.54, 1.807) is 30.3 Å². The second kappa shape index (κ2) is 6.43. The van der Waals surface area contributed by atoms with Gasteiger partial charge in [-0.15, -0.1) is 0 Å². The molecule has 2 aromatic rings. The Balaban J connectivity index is 2.10. The molecular formula is C15H14N2O3. The minimum absolute atomic E-state index is 0.0287. The van der Waals surface area contributed by atoms with Crippen LogP contribution in [0.1, 0.15) is 23.0 Å². The van der Waals surface area contributed by atoms with E-state index in [1.165, 1.54) is 6.26 Å². The molecule has 2 rings (SSSR count). The van der Waals surface area contributed by atoms with Gasteiger partial charge in [0.15, 0.2) is 6.61 Å². The van der Waals surface area contributed by atoms with Crippen molar-refractivity contribution in [1.29, 1.82) is 5.26 Å². The first kappa shape index (κ1) is 13.7. The summed E-state index contributed by atoms with van der Waals surface area (Å²) in [6.45, 7) is 1.89. The number of ether oxygens (including phenoxy) is 1. The van der Waals surface area contributed by atoms with Crippen LogP contribution in [0.25, 0.3) is 0 Å². The van der Waals surface area contributed by atoms with E-state index in [0.29, 0.717) is 29.2 Å². The maximum atomic E-state index is 12.1. The second-order valence-electron chi connectivity index (χ2n) is 4.04. The Bertz CT molecular complexity index is 641. The minimum atomic E-state index is -0.229. The predicted octanol–water partition coefficient (Wildman–Crippen LogP) is 3.00. The molecule has 0 unspecified atom stereocenters. The Labute approximate surface area is 116 Å². The molecule has 0 radical (unpaired) electrons. The highest BCUT2D eigenvalue weighted by molar-refractivity contribution is 6.05. The van der Waals surface area contributed by atoms with Crippen molar-refractivity contribution in [3.63, 3.8) is 0 Å². The Kier molecular flexibility index (Phi) is 4.40. The number of rotatable bonds is 5. The third kappa shape index (κ3) is 3.18. The van der Waals surface area contributed by atoms with Gasteiger partial charge in [-0.2, -0.15) is 5.26 Å². The normalized spacial score (nSPS) is 9.80. The third-order valence-electron chi connectivity index (χ3n) is 2.71. The molecule has 1 N–H and O–H groups in total. The Morgan fingerprint density at radius 2 is 2.30 bits per heavy atom. The van der Waals surface area contributed by atoms with E-state index in [9.17, 15) is 4.79 Å². The third-order valence-corrected chi connectivity index (χ3v) is 2.71. The van der Waals surface area contributed by atoms with Crippen LogP contribution in [0.5, 0.6) is 5.75 Å². The summed E-state index contributed by atoms with van der Waals surface area (Å²) in [4.78, 5) is 12.1. The lowest BCUT2D eigenvalue weighted by Gasteiger charge is -2.07. The Morgan fingerprint density at radius 1 is 1.45 bits per heavy atom. The number of hydrogen-bond donors (Lipinski definition) is 1. The molecule has 0 bridgehead atoms. The number of carbonyl (C=O) groups excluding carboxylic acids is 1. The molecule has 0 aliphatic heterocycles. The largest absolute Gasteiger partial charge is 0.479 e. The van der Waals surface area contributed by atoms with Gasteiger partial charge in [-0.05, 0) is 18.2 Å². The summed E-state index contributed by atoms with van der Waals surface area (Å²) in [5.41, 5.74) is 1.13. The van der Waals surface area contributed by atoms with E-state index in [2.05, 4.69) is 5.32 Å². The van der Waals surface area contributed by atoms with Crippen LogP contribution in [0, 0.1) is 11.3 Å². The highest BCUT2D eigenvalue weighted by atomic mass is 16.5. The molecule has 1 heterocycles. The smallest absolute Gasteiger partial charge is 0.259 e. The van der Waals surface area contributed by atoms with Crippen LogP contribution in [0.2, 0.25) is 0 Å². The Morgan fingerprint density at radius 3 is 3.05 bits per heavy atom. The van der Waals surface area contributed by atoms with Gasteiger partial charge in [0.05, 0.1) is 11.8 Å². The molecule has 5 heteroatoms. The lowest BCUT2D eigenvalue weighted by molar-refractivity contribution is 0.102. The fraction of sp³-hybridized carbons (Fsp3) is 0.200. The molecule has 0 aliphatic carbocycles. The van der Waals surface area contributed by atoms with Gasteiger partial charge in [-0.1, -0.05) is 13.0 Å². The lowest BCUT2D eigenvalue weighted by atomic mass is 10.2. The lowest BCUT2D eigenvalue weighted by Crippen LogP contribution is -2.12. The summed E-state index contributed by atoms with van der Waals surface area (Å²) in [6.07, 6.45) is 2.15. The predicted molar refractivity (Wildman–Crippen MR) is 73.6 cm³/mol. The van der Waals surface area contributed by atoms with Crippen molar-refractivity contribution in [3.05, 3.63) is 47.9 Å². The molecule has 1 aromatic heterocycles. The van der Waals surface area contributed by atoms with Crippen molar-refractivity contribution in [1.82, 2.24) is 0 Å². The second-order valence-corrected chi connectivity index (χ2v) is 4.04. The fourth-order valence-corrected chi connectivity index (χ4v) is 1.79. The standard InChI is InChI=1S/C15H14N2O3/c1-2-14-13(6-8-20-14)15(18)17-11-4-3-5-12(10-11)19-9-7-16/h3-6,8,10H,2,9H2,1H3,(H,17,18). The van der Waals surface area contributed by atoms with Crippen LogP contribution in [0.3, 0.4) is 0 Å². The van der Waals surface area contributed by atoms with Crippen LogP contribution in [0.15, 0.2) is 41.0 Å². The SMILES string of the molecule is CCc1occc1C(=O)Nc1cccc(OCC#N)c1. The quantitative estimate of drug-likeness (QED) is 0.906. The minimum Gasteiger partial charge on any atom is -0.479 e. The number of carbonyl (C=O) groups is 1. The summed E-state index contributed by atoms with van der Waals surface area (Å²) >= 11 is 0. The van der Waals surface area contributed by atoms with Crippen LogP contribution < -0.4 is 10.1 Å². The zero-order chi connectivity index (χ0) is 14.4. The summed E-state index contributed by atoms with van der Waals surface area (Å²) < 4.78 is 10.4. The van der Waals surface area contributed by atoms with Gasteiger partial charge < -0.3 is 14.5 Å². The zero-order valence-corrected chi connectivity index (χ0v) is 11.1. The van der Waals surface area contributed by atoms with E-state index in [1.807, 2.05) is 13.0 Å². The van der Waals surface area contributed by atoms with E-state index in [0.717, 1.165) is 0 Å². The van der Waals surface area contributed by atoms with E-state index >= 15 is 0 Å². The van der Waals surface area contributed by atoms with Crippen molar-refractivity contribution < 1.29 is 13.9 Å². The molecule has 1 aromatic carbocycles. The number of nitrogens with zero attached hydrogens (tertiary/aromatic N) is 1. The number of amides is 1. The molecule has 0 aliphatic rings. The van der Waals surface area contributed by atoms with Crippen LogP contribution >= 0.6 is 0 Å². The highest BCUT2D eigenvalue weighted by Crippen LogP contribution is 2.19. The van der Waals surface area contributed by atoms with Gasteiger partial charge in [-0.25, -0.2) is 0 Å². The van der Waals surface area contributed by atoms with E-state index in [4.69, 9.17) is 14.4 Å². The van der Waals surface area contributed by atoms with Crippen LogP contribution in [-0.4, -0.2) is 12.5 Å². The van der Waals surface area contributed by atoms with Crippen molar-refractivity contribution in [3.8, 4) is 11.8 Å². The van der Waals surface area contributed by atoms with Gasteiger partial charge in [0.25, 0.3) is 5.91 Å². The summed E-state index contributed by atoms with van der Waals surface area (Å²) in [5.74, 6) is 0.958. The van der Waals surface area contributed by atoms with Crippen molar-refractivity contribution in [2.24, 2.45) is 0 Å². The molecule has 20 heavy (non-hydrogen) atoms. The monoisotopic (exact) mass is 270 g/mol. The van der Waals surface area contributed by atoms with Crippen molar-refractivity contribution in [2.45, 2.75) is 13.3 Å². The number of nitrogens with one attached hydrogen (secondary N) is 1. The van der Waals surface area contributed by atoms with E-state index < -0.39 is 0 Å². The molecule has 5 nitrogen and oxygen atoms in total. The Hall–Kier alpha value is -2.74. The van der Waals surface area contributed by atoms with Crippen LogP contribution in [-0.2, 0) is 6.42 Å². The number of anilines is 1. The zero-order valence-electron chi connectivity index (χ0n) is 11.1.